The van der Waals surface area contributed by atoms with E-state index < -0.39 is 5.97 Å². The van der Waals surface area contributed by atoms with Gasteiger partial charge in [0.2, 0.25) is 0 Å². The zero-order valence-electron chi connectivity index (χ0n) is 10.3. The highest BCUT2D eigenvalue weighted by atomic mass is 16.5. The normalized spacial score (nSPS) is 10.7. The second-order valence-electron chi connectivity index (χ2n) is 4.19. The van der Waals surface area contributed by atoms with Crippen molar-refractivity contribution in [2.24, 2.45) is 0 Å². The largest absolute Gasteiger partial charge is 0.493 e. The van der Waals surface area contributed by atoms with Gasteiger partial charge < -0.3 is 14.3 Å². The molecule has 1 N–H and O–H groups in total. The molecule has 0 fully saturated rings. The molecule has 0 unspecified atom stereocenters. The van der Waals surface area contributed by atoms with Crippen molar-refractivity contribution in [2.75, 3.05) is 6.61 Å². The third-order valence-electron chi connectivity index (χ3n) is 2.74. The number of furan rings is 1. The van der Waals surface area contributed by atoms with Gasteiger partial charge in [-0.15, -0.1) is 0 Å². The van der Waals surface area contributed by atoms with Crippen LogP contribution in [0.15, 0.2) is 28.9 Å². The molecule has 4 heteroatoms. The Morgan fingerprint density at radius 3 is 3.00 bits per heavy atom. The first-order chi connectivity index (χ1) is 8.70. The minimum absolute atomic E-state index is 0.0248. The Kier molecular flexibility index (Phi) is 3.87. The van der Waals surface area contributed by atoms with Crippen molar-refractivity contribution in [1.82, 2.24) is 0 Å². The molecule has 0 spiro atoms. The first-order valence-electron chi connectivity index (χ1n) is 6.05. The van der Waals surface area contributed by atoms with Crippen molar-refractivity contribution in [3.63, 3.8) is 0 Å². The summed E-state index contributed by atoms with van der Waals surface area (Å²) < 4.78 is 10.9. The minimum Gasteiger partial charge on any atom is -0.493 e. The van der Waals surface area contributed by atoms with Crippen LogP contribution in [0.1, 0.15) is 25.3 Å². The van der Waals surface area contributed by atoms with Crippen LogP contribution in [0.25, 0.3) is 11.0 Å². The molecule has 0 atom stereocenters. The summed E-state index contributed by atoms with van der Waals surface area (Å²) in [6, 6.07) is 5.49. The van der Waals surface area contributed by atoms with Crippen molar-refractivity contribution in [1.29, 1.82) is 0 Å². The van der Waals surface area contributed by atoms with E-state index in [-0.39, 0.29) is 6.42 Å². The Labute approximate surface area is 105 Å². The molecular formula is C14H16O4. The van der Waals surface area contributed by atoms with Gasteiger partial charge in [0.1, 0.15) is 11.3 Å². The smallest absolute Gasteiger partial charge is 0.307 e. The maximum atomic E-state index is 10.7. The highest BCUT2D eigenvalue weighted by Crippen LogP contribution is 2.26. The zero-order chi connectivity index (χ0) is 13.0. The average molecular weight is 248 g/mol. The van der Waals surface area contributed by atoms with E-state index in [1.54, 1.807) is 6.07 Å². The third-order valence-corrected chi connectivity index (χ3v) is 2.74. The van der Waals surface area contributed by atoms with Gasteiger partial charge in [0, 0.05) is 17.0 Å². The molecule has 1 aromatic heterocycles. The second-order valence-corrected chi connectivity index (χ2v) is 4.19. The maximum Gasteiger partial charge on any atom is 0.307 e. The monoisotopic (exact) mass is 248 g/mol. The van der Waals surface area contributed by atoms with E-state index in [1.165, 1.54) is 6.26 Å². The number of aliphatic carboxylic acids is 1. The van der Waals surface area contributed by atoms with Gasteiger partial charge in [0.25, 0.3) is 0 Å². The van der Waals surface area contributed by atoms with Gasteiger partial charge in [-0.25, -0.2) is 0 Å². The number of rotatable bonds is 6. The van der Waals surface area contributed by atoms with Crippen molar-refractivity contribution in [2.45, 2.75) is 26.2 Å². The summed E-state index contributed by atoms with van der Waals surface area (Å²) in [7, 11) is 0. The van der Waals surface area contributed by atoms with Crippen LogP contribution in [-0.2, 0) is 11.2 Å². The van der Waals surface area contributed by atoms with Crippen LogP contribution in [-0.4, -0.2) is 17.7 Å². The maximum absolute atomic E-state index is 10.7. The van der Waals surface area contributed by atoms with Crippen molar-refractivity contribution < 1.29 is 19.1 Å². The number of benzene rings is 1. The number of hydrogen-bond acceptors (Lipinski definition) is 3. The summed E-state index contributed by atoms with van der Waals surface area (Å²) in [5.41, 5.74) is 1.36. The van der Waals surface area contributed by atoms with Crippen LogP contribution in [0.3, 0.4) is 0 Å². The summed E-state index contributed by atoms with van der Waals surface area (Å²) in [6.45, 7) is 2.79. The van der Waals surface area contributed by atoms with Crippen molar-refractivity contribution in [3.05, 3.63) is 30.0 Å². The predicted octanol–water partition coefficient (Wildman–Crippen LogP) is 3.24. The molecule has 0 bridgehead atoms. The number of hydrogen-bond donors (Lipinski definition) is 1. The summed E-state index contributed by atoms with van der Waals surface area (Å²) >= 11 is 0. The topological polar surface area (TPSA) is 59.7 Å². The van der Waals surface area contributed by atoms with Gasteiger partial charge in [0.05, 0.1) is 19.3 Å². The second kappa shape index (κ2) is 5.58. The van der Waals surface area contributed by atoms with Crippen LogP contribution in [0.4, 0.5) is 0 Å². The fraction of sp³-hybridized carbons (Fsp3) is 0.357. The molecule has 18 heavy (non-hydrogen) atoms. The molecule has 0 aliphatic heterocycles. The molecule has 0 saturated carbocycles. The Morgan fingerprint density at radius 2 is 2.28 bits per heavy atom. The highest BCUT2D eigenvalue weighted by Gasteiger charge is 2.10. The highest BCUT2D eigenvalue weighted by molar-refractivity contribution is 5.86. The molecule has 1 heterocycles. The lowest BCUT2D eigenvalue weighted by atomic mass is 10.1. The first-order valence-corrected chi connectivity index (χ1v) is 6.05. The fourth-order valence-electron chi connectivity index (χ4n) is 1.79. The number of ether oxygens (including phenoxy) is 1. The van der Waals surface area contributed by atoms with E-state index in [9.17, 15) is 4.79 Å². The van der Waals surface area contributed by atoms with Gasteiger partial charge in [-0.2, -0.15) is 0 Å². The van der Waals surface area contributed by atoms with E-state index >= 15 is 0 Å². The summed E-state index contributed by atoms with van der Waals surface area (Å²) in [5.74, 6) is -0.104. The molecule has 0 amide bonds. The van der Waals surface area contributed by atoms with Gasteiger partial charge in [-0.3, -0.25) is 4.79 Å². The molecule has 2 rings (SSSR count). The summed E-state index contributed by atoms with van der Waals surface area (Å²) in [6.07, 6.45) is 3.57. The van der Waals surface area contributed by atoms with Gasteiger partial charge in [-0.1, -0.05) is 13.3 Å². The average Bonchev–Trinajstić information content (AvgIpc) is 2.72. The number of carboxylic acid groups (broad SMARTS) is 1. The molecule has 4 nitrogen and oxygen atoms in total. The molecule has 1 aromatic carbocycles. The Morgan fingerprint density at radius 1 is 1.44 bits per heavy atom. The lowest BCUT2D eigenvalue weighted by Crippen LogP contribution is -1.99. The number of fused-ring (bicyclic) bond motifs is 1. The van der Waals surface area contributed by atoms with Crippen LogP contribution in [0.5, 0.6) is 5.75 Å². The molecule has 0 radical (unpaired) electrons. The standard InChI is InChI=1S/C14H16O4/c1-2-3-6-17-11-4-5-12-10(7-14(15)16)9-18-13(12)8-11/h4-5,8-9H,2-3,6-7H2,1H3,(H,15,16). The molecule has 0 aliphatic carbocycles. The van der Waals surface area contributed by atoms with E-state index in [0.717, 1.165) is 24.0 Å². The fourth-order valence-corrected chi connectivity index (χ4v) is 1.79. The number of carboxylic acids is 1. The molecule has 2 aromatic rings. The van der Waals surface area contributed by atoms with E-state index in [4.69, 9.17) is 14.3 Å². The van der Waals surface area contributed by atoms with Gasteiger partial charge in [-0.05, 0) is 18.6 Å². The molecule has 0 aliphatic rings. The van der Waals surface area contributed by atoms with Crippen LogP contribution in [0, 0.1) is 0 Å². The SMILES string of the molecule is CCCCOc1ccc2c(CC(=O)O)coc2c1. The lowest BCUT2D eigenvalue weighted by Gasteiger charge is -2.04. The van der Waals surface area contributed by atoms with Crippen LogP contribution in [0.2, 0.25) is 0 Å². The van der Waals surface area contributed by atoms with Crippen molar-refractivity contribution in [3.8, 4) is 5.75 Å². The first kappa shape index (κ1) is 12.5. The summed E-state index contributed by atoms with van der Waals surface area (Å²) in [5, 5.41) is 9.61. The summed E-state index contributed by atoms with van der Waals surface area (Å²) in [4.78, 5) is 10.7. The van der Waals surface area contributed by atoms with Gasteiger partial charge >= 0.3 is 5.97 Å². The van der Waals surface area contributed by atoms with E-state index in [2.05, 4.69) is 6.92 Å². The zero-order valence-corrected chi connectivity index (χ0v) is 10.3. The van der Waals surface area contributed by atoms with Crippen molar-refractivity contribution >= 4 is 16.9 Å². The predicted molar refractivity (Wildman–Crippen MR) is 68.0 cm³/mol. The molecular weight excluding hydrogens is 232 g/mol. The number of unbranched alkanes of at least 4 members (excludes halogenated alkanes) is 1. The third kappa shape index (κ3) is 2.83. The Balaban J connectivity index is 2.17. The lowest BCUT2D eigenvalue weighted by molar-refractivity contribution is -0.136. The van der Waals surface area contributed by atoms with Crippen LogP contribution >= 0.6 is 0 Å². The molecule has 96 valence electrons. The Bertz CT molecular complexity index is 542. The quantitative estimate of drug-likeness (QED) is 0.797. The van der Waals surface area contributed by atoms with Gasteiger partial charge in [0.15, 0.2) is 0 Å². The minimum atomic E-state index is -0.860. The molecule has 0 saturated heterocycles. The number of carbonyl (C=O) groups is 1. The van der Waals surface area contributed by atoms with E-state index in [0.29, 0.717) is 17.8 Å². The van der Waals surface area contributed by atoms with Crippen LogP contribution < -0.4 is 4.74 Å². The van der Waals surface area contributed by atoms with E-state index in [1.807, 2.05) is 12.1 Å². The Hall–Kier alpha value is -1.97.